The highest BCUT2D eigenvalue weighted by atomic mass is 79.9. The molecule has 1 aromatic rings. The quantitative estimate of drug-likeness (QED) is 0.604. The van der Waals surface area contributed by atoms with Gasteiger partial charge in [-0.3, -0.25) is 0 Å². The SMILES string of the molecule is Fc1csc(CBr)c1. The molecule has 0 aliphatic heterocycles. The van der Waals surface area contributed by atoms with Gasteiger partial charge in [0.15, 0.2) is 0 Å². The Bertz CT molecular complexity index is 173. The molecule has 1 aromatic heterocycles. The van der Waals surface area contributed by atoms with Crippen molar-refractivity contribution in [2.24, 2.45) is 0 Å². The predicted molar refractivity (Wildman–Crippen MR) is 36.9 cm³/mol. The van der Waals surface area contributed by atoms with E-state index in [-0.39, 0.29) is 5.82 Å². The Morgan fingerprint density at radius 2 is 2.50 bits per heavy atom. The van der Waals surface area contributed by atoms with Gasteiger partial charge in [-0.1, -0.05) is 15.9 Å². The van der Waals surface area contributed by atoms with Crippen LogP contribution < -0.4 is 0 Å². The standard InChI is InChI=1S/C5H4BrFS/c6-2-5-1-4(7)3-8-5/h1,3H,2H2. The maximum atomic E-state index is 12.1. The van der Waals surface area contributed by atoms with E-state index in [1.807, 2.05) is 0 Å². The van der Waals surface area contributed by atoms with Gasteiger partial charge < -0.3 is 0 Å². The first kappa shape index (κ1) is 6.23. The van der Waals surface area contributed by atoms with Crippen molar-refractivity contribution < 1.29 is 4.39 Å². The summed E-state index contributed by atoms with van der Waals surface area (Å²) in [5.74, 6) is -0.135. The molecule has 44 valence electrons. The largest absolute Gasteiger partial charge is 0.206 e. The topological polar surface area (TPSA) is 0 Å². The smallest absolute Gasteiger partial charge is 0.134 e. The number of alkyl halides is 1. The van der Waals surface area contributed by atoms with Crippen molar-refractivity contribution in [2.45, 2.75) is 5.33 Å². The third-order valence-electron chi connectivity index (χ3n) is 0.753. The minimum Gasteiger partial charge on any atom is -0.206 e. The van der Waals surface area contributed by atoms with Gasteiger partial charge >= 0.3 is 0 Å². The zero-order chi connectivity index (χ0) is 5.98. The van der Waals surface area contributed by atoms with E-state index < -0.39 is 0 Å². The summed E-state index contributed by atoms with van der Waals surface area (Å²) < 4.78 is 12.1. The molecule has 0 saturated carbocycles. The van der Waals surface area contributed by atoms with Crippen LogP contribution in [0.1, 0.15) is 4.88 Å². The molecule has 0 spiro atoms. The van der Waals surface area contributed by atoms with Gasteiger partial charge in [0.1, 0.15) is 5.82 Å². The predicted octanol–water partition coefficient (Wildman–Crippen LogP) is 2.78. The van der Waals surface area contributed by atoms with Crippen LogP contribution in [-0.4, -0.2) is 0 Å². The van der Waals surface area contributed by atoms with Crippen LogP contribution >= 0.6 is 27.3 Å². The van der Waals surface area contributed by atoms with Crippen LogP contribution in [0.5, 0.6) is 0 Å². The summed E-state index contributed by atoms with van der Waals surface area (Å²) in [6, 6.07) is 1.53. The van der Waals surface area contributed by atoms with Crippen LogP contribution in [0.3, 0.4) is 0 Å². The summed E-state index contributed by atoms with van der Waals surface area (Å²) >= 11 is 4.64. The van der Waals surface area contributed by atoms with Gasteiger partial charge in [0.2, 0.25) is 0 Å². The van der Waals surface area contributed by atoms with E-state index in [0.717, 1.165) is 10.2 Å². The molecule has 1 rings (SSSR count). The lowest BCUT2D eigenvalue weighted by Crippen LogP contribution is -1.61. The molecule has 0 saturated heterocycles. The molecular formula is C5H4BrFS. The fourth-order valence-electron chi connectivity index (χ4n) is 0.424. The summed E-state index contributed by atoms with van der Waals surface area (Å²) in [6.45, 7) is 0. The number of hydrogen-bond donors (Lipinski definition) is 0. The van der Waals surface area contributed by atoms with Crippen LogP contribution in [-0.2, 0) is 5.33 Å². The van der Waals surface area contributed by atoms with Crippen LogP contribution in [0.4, 0.5) is 4.39 Å². The second-order valence-electron chi connectivity index (χ2n) is 1.36. The van der Waals surface area contributed by atoms with E-state index in [1.165, 1.54) is 22.8 Å². The Morgan fingerprint density at radius 3 is 2.75 bits per heavy atom. The maximum Gasteiger partial charge on any atom is 0.134 e. The zero-order valence-corrected chi connectivity index (χ0v) is 6.43. The molecule has 1 heterocycles. The van der Waals surface area contributed by atoms with Gasteiger partial charge in [-0.2, -0.15) is 0 Å². The van der Waals surface area contributed by atoms with Gasteiger partial charge in [0.05, 0.1) is 0 Å². The Labute approximate surface area is 59.5 Å². The van der Waals surface area contributed by atoms with Gasteiger partial charge in [-0.25, -0.2) is 4.39 Å². The number of thiophene rings is 1. The zero-order valence-electron chi connectivity index (χ0n) is 4.03. The van der Waals surface area contributed by atoms with Crippen LogP contribution in [0.25, 0.3) is 0 Å². The van der Waals surface area contributed by atoms with E-state index in [2.05, 4.69) is 15.9 Å². The highest BCUT2D eigenvalue weighted by molar-refractivity contribution is 9.08. The first-order chi connectivity index (χ1) is 3.83. The molecule has 0 unspecified atom stereocenters. The normalized spacial score (nSPS) is 9.75. The van der Waals surface area contributed by atoms with Crippen molar-refractivity contribution in [3.05, 3.63) is 22.1 Å². The maximum absolute atomic E-state index is 12.1. The van der Waals surface area contributed by atoms with E-state index in [1.54, 1.807) is 0 Å². The molecule has 0 atom stereocenters. The van der Waals surface area contributed by atoms with Crippen molar-refractivity contribution in [2.75, 3.05) is 0 Å². The van der Waals surface area contributed by atoms with E-state index >= 15 is 0 Å². The van der Waals surface area contributed by atoms with Crippen LogP contribution in [0.2, 0.25) is 0 Å². The summed E-state index contributed by atoms with van der Waals surface area (Å²) in [5, 5.41) is 2.25. The van der Waals surface area contributed by atoms with Crippen molar-refractivity contribution in [1.29, 1.82) is 0 Å². The molecule has 0 amide bonds. The molecule has 0 nitrogen and oxygen atoms in total. The Morgan fingerprint density at radius 1 is 1.75 bits per heavy atom. The molecule has 0 aliphatic rings. The number of halogens is 2. The second kappa shape index (κ2) is 2.60. The summed E-state index contributed by atoms with van der Waals surface area (Å²) in [4.78, 5) is 1.03. The lowest BCUT2D eigenvalue weighted by Gasteiger charge is -1.77. The molecule has 0 fully saturated rings. The molecule has 0 N–H and O–H groups in total. The molecule has 0 aliphatic carbocycles. The third-order valence-corrected chi connectivity index (χ3v) is 2.64. The molecule has 3 heteroatoms. The first-order valence-corrected chi connectivity index (χ1v) is 4.12. The van der Waals surface area contributed by atoms with Crippen LogP contribution in [0, 0.1) is 5.82 Å². The summed E-state index contributed by atoms with van der Waals surface area (Å²) in [6.07, 6.45) is 0. The van der Waals surface area contributed by atoms with E-state index in [4.69, 9.17) is 0 Å². The third kappa shape index (κ3) is 1.29. The lowest BCUT2D eigenvalue weighted by molar-refractivity contribution is 0.633. The molecule has 0 aromatic carbocycles. The highest BCUT2D eigenvalue weighted by Crippen LogP contribution is 2.15. The monoisotopic (exact) mass is 194 g/mol. The molecular weight excluding hydrogens is 191 g/mol. The Balaban J connectivity index is 2.84. The Kier molecular flexibility index (Phi) is 2.02. The van der Waals surface area contributed by atoms with Crippen LogP contribution in [0.15, 0.2) is 11.4 Å². The van der Waals surface area contributed by atoms with E-state index in [9.17, 15) is 4.39 Å². The highest BCUT2D eigenvalue weighted by Gasteiger charge is 1.93. The van der Waals surface area contributed by atoms with Crippen molar-refractivity contribution in [3.63, 3.8) is 0 Å². The minimum absolute atomic E-state index is 0.135. The number of rotatable bonds is 1. The Hall–Kier alpha value is 0.110. The summed E-state index contributed by atoms with van der Waals surface area (Å²) in [7, 11) is 0. The van der Waals surface area contributed by atoms with Gasteiger partial charge in [0, 0.05) is 15.6 Å². The first-order valence-electron chi connectivity index (χ1n) is 2.12. The van der Waals surface area contributed by atoms with Gasteiger partial charge in [-0.15, -0.1) is 11.3 Å². The fourth-order valence-corrected chi connectivity index (χ4v) is 1.56. The average molecular weight is 195 g/mol. The van der Waals surface area contributed by atoms with Crippen molar-refractivity contribution >= 4 is 27.3 Å². The minimum atomic E-state index is -0.135. The van der Waals surface area contributed by atoms with Crippen molar-refractivity contribution in [1.82, 2.24) is 0 Å². The molecule has 0 radical (unpaired) electrons. The van der Waals surface area contributed by atoms with Gasteiger partial charge in [0.25, 0.3) is 0 Å². The lowest BCUT2D eigenvalue weighted by atomic mass is 10.5. The summed E-state index contributed by atoms with van der Waals surface area (Å²) in [5.41, 5.74) is 0. The second-order valence-corrected chi connectivity index (χ2v) is 2.92. The number of hydrogen-bond acceptors (Lipinski definition) is 1. The average Bonchev–Trinajstić information content (AvgIpc) is 2.14. The molecule has 8 heavy (non-hydrogen) atoms. The fraction of sp³-hybridized carbons (Fsp3) is 0.200. The van der Waals surface area contributed by atoms with E-state index in [0.29, 0.717) is 0 Å². The van der Waals surface area contributed by atoms with Crippen molar-refractivity contribution in [3.8, 4) is 0 Å². The van der Waals surface area contributed by atoms with Gasteiger partial charge in [-0.05, 0) is 6.07 Å². The molecule has 0 bridgehead atoms.